The fourth-order valence-corrected chi connectivity index (χ4v) is 4.21. The van der Waals surface area contributed by atoms with Gasteiger partial charge in [-0.05, 0) is 47.8 Å². The summed E-state index contributed by atoms with van der Waals surface area (Å²) >= 11 is 1.62. The predicted octanol–water partition coefficient (Wildman–Crippen LogP) is 2.82. The van der Waals surface area contributed by atoms with Gasteiger partial charge in [0, 0.05) is 42.7 Å². The first-order chi connectivity index (χ1) is 14.7. The maximum Gasteiger partial charge on any atom is 0.253 e. The number of benzene rings is 1. The summed E-state index contributed by atoms with van der Waals surface area (Å²) in [5.74, 6) is 2.38. The number of methoxy groups -OCH3 is 1. The second-order valence-electron chi connectivity index (χ2n) is 7.00. The van der Waals surface area contributed by atoms with E-state index < -0.39 is 0 Å². The maximum atomic E-state index is 12.8. The summed E-state index contributed by atoms with van der Waals surface area (Å²) in [6.07, 6.45) is 0. The molecule has 1 aliphatic rings. The Morgan fingerprint density at radius 3 is 2.50 bits per heavy atom. The summed E-state index contributed by atoms with van der Waals surface area (Å²) in [5, 5.41) is 17.3. The van der Waals surface area contributed by atoms with Crippen LogP contribution in [0, 0.1) is 0 Å². The van der Waals surface area contributed by atoms with Crippen LogP contribution in [0.5, 0.6) is 5.75 Å². The van der Waals surface area contributed by atoms with Crippen molar-refractivity contribution in [1.82, 2.24) is 24.7 Å². The highest BCUT2D eigenvalue weighted by atomic mass is 32.1. The van der Waals surface area contributed by atoms with Crippen molar-refractivity contribution in [2.24, 2.45) is 0 Å². The van der Waals surface area contributed by atoms with Crippen molar-refractivity contribution >= 4 is 28.7 Å². The highest BCUT2D eigenvalue weighted by molar-refractivity contribution is 7.08. The van der Waals surface area contributed by atoms with Gasteiger partial charge in [0.25, 0.3) is 5.91 Å². The van der Waals surface area contributed by atoms with Gasteiger partial charge >= 0.3 is 0 Å². The molecule has 1 amide bonds. The van der Waals surface area contributed by atoms with E-state index in [4.69, 9.17) is 9.84 Å². The number of hydrogen-bond acceptors (Lipinski definition) is 7. The lowest BCUT2D eigenvalue weighted by atomic mass is 10.1. The van der Waals surface area contributed by atoms with Gasteiger partial charge in [-0.15, -0.1) is 15.3 Å². The topological polar surface area (TPSA) is 75.9 Å². The molecule has 8 nitrogen and oxygen atoms in total. The number of hydrogen-bond donors (Lipinski definition) is 0. The van der Waals surface area contributed by atoms with Crippen molar-refractivity contribution in [1.29, 1.82) is 0 Å². The summed E-state index contributed by atoms with van der Waals surface area (Å²) in [6.45, 7) is 2.72. The zero-order chi connectivity index (χ0) is 20.5. The van der Waals surface area contributed by atoms with Crippen LogP contribution in [-0.4, -0.2) is 63.9 Å². The number of amides is 1. The second kappa shape index (κ2) is 7.75. The van der Waals surface area contributed by atoms with Crippen molar-refractivity contribution < 1.29 is 9.53 Å². The number of rotatable bonds is 4. The van der Waals surface area contributed by atoms with Crippen molar-refractivity contribution in [2.45, 2.75) is 0 Å². The number of carbonyl (C=O) groups is 1. The van der Waals surface area contributed by atoms with Gasteiger partial charge in [-0.2, -0.15) is 15.9 Å². The van der Waals surface area contributed by atoms with E-state index in [0.29, 0.717) is 24.3 Å². The minimum atomic E-state index is 0.0410. The molecule has 5 rings (SSSR count). The Bertz CT molecular complexity index is 1160. The molecule has 4 aromatic rings. The summed E-state index contributed by atoms with van der Waals surface area (Å²) in [5.41, 5.74) is 2.40. The Labute approximate surface area is 177 Å². The van der Waals surface area contributed by atoms with Gasteiger partial charge in [-0.3, -0.25) is 4.79 Å². The molecule has 9 heteroatoms. The van der Waals surface area contributed by atoms with Crippen LogP contribution in [0.3, 0.4) is 0 Å². The van der Waals surface area contributed by atoms with Crippen LogP contribution in [0.2, 0.25) is 0 Å². The molecule has 152 valence electrons. The fourth-order valence-electron chi connectivity index (χ4n) is 3.57. The Hall–Kier alpha value is -3.46. The lowest BCUT2D eigenvalue weighted by Gasteiger charge is -2.35. The summed E-state index contributed by atoms with van der Waals surface area (Å²) < 4.78 is 6.95. The average Bonchev–Trinajstić information content (AvgIpc) is 3.48. The van der Waals surface area contributed by atoms with Crippen molar-refractivity contribution in [2.75, 3.05) is 38.2 Å². The molecular weight excluding hydrogens is 400 g/mol. The molecule has 0 bridgehead atoms. The summed E-state index contributed by atoms with van der Waals surface area (Å²) in [6, 6.07) is 13.1. The van der Waals surface area contributed by atoms with E-state index in [0.717, 1.165) is 36.0 Å². The molecule has 1 aromatic carbocycles. The van der Waals surface area contributed by atoms with E-state index in [9.17, 15) is 4.79 Å². The smallest absolute Gasteiger partial charge is 0.253 e. The Morgan fingerprint density at radius 2 is 1.80 bits per heavy atom. The lowest BCUT2D eigenvalue weighted by molar-refractivity contribution is 0.0746. The zero-order valence-corrected chi connectivity index (χ0v) is 17.2. The van der Waals surface area contributed by atoms with Crippen LogP contribution >= 0.6 is 11.3 Å². The van der Waals surface area contributed by atoms with E-state index in [1.165, 1.54) is 0 Å². The molecule has 3 aromatic heterocycles. The van der Waals surface area contributed by atoms with Crippen molar-refractivity contribution in [3.8, 4) is 17.1 Å². The fraction of sp³-hybridized carbons (Fsp3) is 0.238. The molecular formula is C21H20N6O2S. The number of carbonyl (C=O) groups excluding carboxylic acids is 1. The molecule has 0 spiro atoms. The van der Waals surface area contributed by atoms with E-state index >= 15 is 0 Å². The Kier molecular flexibility index (Phi) is 4.80. The highest BCUT2D eigenvalue weighted by Crippen LogP contribution is 2.22. The van der Waals surface area contributed by atoms with Crippen molar-refractivity contribution in [3.63, 3.8) is 0 Å². The minimum absolute atomic E-state index is 0.0410. The standard InChI is InChI=1S/C21H20N6O2S/c1-29-17-4-2-15(3-5-17)21(28)26-11-9-25(10-12-26)19-7-6-18-22-23-20(27(18)24-19)16-8-13-30-14-16/h2-8,13-14H,9-12H2,1H3. The number of fused-ring (bicyclic) bond motifs is 1. The molecule has 0 unspecified atom stereocenters. The van der Waals surface area contributed by atoms with Gasteiger partial charge < -0.3 is 14.5 Å². The van der Waals surface area contributed by atoms with Gasteiger partial charge in [-0.1, -0.05) is 0 Å². The van der Waals surface area contributed by atoms with E-state index in [2.05, 4.69) is 15.1 Å². The monoisotopic (exact) mass is 420 g/mol. The molecule has 0 radical (unpaired) electrons. The maximum absolute atomic E-state index is 12.8. The summed E-state index contributed by atoms with van der Waals surface area (Å²) in [4.78, 5) is 16.9. The first-order valence-electron chi connectivity index (χ1n) is 9.66. The van der Waals surface area contributed by atoms with E-state index in [-0.39, 0.29) is 5.91 Å². The highest BCUT2D eigenvalue weighted by Gasteiger charge is 2.23. The first kappa shape index (κ1) is 18.6. The number of ether oxygens (including phenoxy) is 1. The molecule has 0 atom stereocenters. The molecule has 30 heavy (non-hydrogen) atoms. The zero-order valence-electron chi connectivity index (χ0n) is 16.4. The van der Waals surface area contributed by atoms with Crippen LogP contribution in [0.25, 0.3) is 17.0 Å². The third-order valence-electron chi connectivity index (χ3n) is 5.26. The van der Waals surface area contributed by atoms with Crippen LogP contribution in [0.15, 0.2) is 53.2 Å². The van der Waals surface area contributed by atoms with Gasteiger partial charge in [0.2, 0.25) is 0 Å². The SMILES string of the molecule is COc1ccc(C(=O)N2CCN(c3ccc4nnc(-c5ccsc5)n4n3)CC2)cc1. The van der Waals surface area contributed by atoms with Crippen LogP contribution in [0.1, 0.15) is 10.4 Å². The quantitative estimate of drug-likeness (QED) is 0.505. The number of piperazine rings is 1. The van der Waals surface area contributed by atoms with Gasteiger partial charge in [0.05, 0.1) is 7.11 Å². The molecule has 1 aliphatic heterocycles. The van der Waals surface area contributed by atoms with Crippen LogP contribution in [-0.2, 0) is 0 Å². The predicted molar refractivity (Wildman–Crippen MR) is 115 cm³/mol. The molecule has 0 aliphatic carbocycles. The Balaban J connectivity index is 1.31. The number of anilines is 1. The van der Waals surface area contributed by atoms with E-state index in [1.54, 1.807) is 35.1 Å². The lowest BCUT2D eigenvalue weighted by Crippen LogP contribution is -2.49. The average molecular weight is 420 g/mol. The third-order valence-corrected chi connectivity index (χ3v) is 5.94. The third kappa shape index (κ3) is 3.37. The van der Waals surface area contributed by atoms with Gasteiger partial charge in [0.1, 0.15) is 11.6 Å². The number of thiophene rings is 1. The normalized spacial score (nSPS) is 14.3. The minimum Gasteiger partial charge on any atom is -0.497 e. The summed E-state index contributed by atoms with van der Waals surface area (Å²) in [7, 11) is 1.62. The second-order valence-corrected chi connectivity index (χ2v) is 7.78. The van der Waals surface area contributed by atoms with Crippen LogP contribution in [0.4, 0.5) is 5.82 Å². The molecule has 4 heterocycles. The molecule has 1 fully saturated rings. The van der Waals surface area contributed by atoms with E-state index in [1.807, 2.05) is 46.0 Å². The Morgan fingerprint density at radius 1 is 1.00 bits per heavy atom. The van der Waals surface area contributed by atoms with Gasteiger partial charge in [-0.25, -0.2) is 0 Å². The first-order valence-corrected chi connectivity index (χ1v) is 10.6. The van der Waals surface area contributed by atoms with Crippen LogP contribution < -0.4 is 9.64 Å². The van der Waals surface area contributed by atoms with Gasteiger partial charge in [0.15, 0.2) is 11.5 Å². The van der Waals surface area contributed by atoms with Crippen molar-refractivity contribution in [3.05, 3.63) is 58.8 Å². The number of nitrogens with zero attached hydrogens (tertiary/aromatic N) is 6. The molecule has 1 saturated heterocycles. The molecule has 0 N–H and O–H groups in total. The molecule has 0 saturated carbocycles. The number of aromatic nitrogens is 4. The largest absolute Gasteiger partial charge is 0.497 e.